The average molecular weight is 278 g/mol. The van der Waals surface area contributed by atoms with Crippen molar-refractivity contribution in [1.29, 1.82) is 0 Å². The minimum Gasteiger partial charge on any atom is -0.354 e. The van der Waals surface area contributed by atoms with Crippen LogP contribution in [0.5, 0.6) is 0 Å². The highest BCUT2D eigenvalue weighted by Gasteiger charge is 2.35. The topological polar surface area (TPSA) is 84.2 Å². The molecule has 0 atom stereocenters. The highest BCUT2D eigenvalue weighted by atomic mass is 35.5. The van der Waals surface area contributed by atoms with E-state index in [0.29, 0.717) is 5.41 Å². The Morgan fingerprint density at radius 3 is 2.33 bits per heavy atom. The van der Waals surface area contributed by atoms with Crippen LogP contribution >= 0.6 is 12.4 Å². The van der Waals surface area contributed by atoms with Crippen molar-refractivity contribution in [2.75, 3.05) is 19.6 Å². The molecule has 106 valence electrons. The first kappa shape index (κ1) is 17.2. The highest BCUT2D eigenvalue weighted by Crippen LogP contribution is 2.44. The third-order valence-electron chi connectivity index (χ3n) is 3.49. The van der Waals surface area contributed by atoms with Crippen LogP contribution in [0.4, 0.5) is 0 Å². The van der Waals surface area contributed by atoms with Crippen molar-refractivity contribution in [2.45, 2.75) is 39.0 Å². The Bertz CT molecular complexity index is 280. The second kappa shape index (κ2) is 8.32. The first-order chi connectivity index (χ1) is 8.12. The van der Waals surface area contributed by atoms with Gasteiger partial charge in [-0.2, -0.15) is 0 Å². The molecule has 1 fully saturated rings. The highest BCUT2D eigenvalue weighted by molar-refractivity contribution is 5.85. The lowest BCUT2D eigenvalue weighted by Gasteiger charge is -2.42. The molecule has 0 radical (unpaired) electrons. The van der Waals surface area contributed by atoms with Gasteiger partial charge in [0.15, 0.2) is 0 Å². The maximum absolute atomic E-state index is 11.5. The summed E-state index contributed by atoms with van der Waals surface area (Å²) in [5.74, 6) is -0.429. The Hall–Kier alpha value is -0.810. The molecule has 2 amide bonds. The summed E-state index contributed by atoms with van der Waals surface area (Å²) in [6.45, 7) is 2.85. The van der Waals surface area contributed by atoms with Crippen LogP contribution in [0.15, 0.2) is 0 Å². The molecule has 1 aliphatic carbocycles. The van der Waals surface area contributed by atoms with E-state index in [4.69, 9.17) is 5.73 Å². The molecular weight excluding hydrogens is 254 g/mol. The second-order valence-corrected chi connectivity index (χ2v) is 4.86. The summed E-state index contributed by atoms with van der Waals surface area (Å²) in [5.41, 5.74) is 5.45. The third kappa shape index (κ3) is 5.23. The zero-order valence-corrected chi connectivity index (χ0v) is 11.8. The molecular formula is C12H24ClN3O2. The van der Waals surface area contributed by atoms with E-state index in [1.165, 1.54) is 25.7 Å². The summed E-state index contributed by atoms with van der Waals surface area (Å²) >= 11 is 0. The zero-order valence-electron chi connectivity index (χ0n) is 11.0. The van der Waals surface area contributed by atoms with E-state index in [2.05, 4.69) is 17.6 Å². The predicted octanol–water partition coefficient (Wildman–Crippen LogP) is 0.570. The summed E-state index contributed by atoms with van der Waals surface area (Å²) in [4.78, 5) is 22.4. The molecule has 0 aliphatic heterocycles. The summed E-state index contributed by atoms with van der Waals surface area (Å²) in [6, 6.07) is 0. The lowest BCUT2D eigenvalue weighted by Crippen LogP contribution is -2.45. The Morgan fingerprint density at radius 2 is 1.89 bits per heavy atom. The fraction of sp³-hybridized carbons (Fsp3) is 0.833. The van der Waals surface area contributed by atoms with E-state index >= 15 is 0 Å². The molecule has 0 aromatic rings. The number of hydrogen-bond acceptors (Lipinski definition) is 3. The quantitative estimate of drug-likeness (QED) is 0.636. The Balaban J connectivity index is 0.00000289. The third-order valence-corrected chi connectivity index (χ3v) is 3.49. The molecule has 0 aromatic carbocycles. The van der Waals surface area contributed by atoms with Crippen LogP contribution in [-0.2, 0) is 9.59 Å². The van der Waals surface area contributed by atoms with Crippen LogP contribution in [0.25, 0.3) is 0 Å². The van der Waals surface area contributed by atoms with Crippen LogP contribution in [0.1, 0.15) is 39.0 Å². The number of amides is 2. The van der Waals surface area contributed by atoms with Gasteiger partial charge in [0.25, 0.3) is 0 Å². The van der Waals surface area contributed by atoms with Gasteiger partial charge in [-0.05, 0) is 24.7 Å². The van der Waals surface area contributed by atoms with Crippen molar-refractivity contribution in [3.8, 4) is 0 Å². The van der Waals surface area contributed by atoms with Gasteiger partial charge in [0, 0.05) is 6.54 Å². The minimum atomic E-state index is -0.299. The monoisotopic (exact) mass is 277 g/mol. The van der Waals surface area contributed by atoms with Crippen LogP contribution in [-0.4, -0.2) is 31.4 Å². The maximum Gasteiger partial charge on any atom is 0.239 e. The van der Waals surface area contributed by atoms with Crippen molar-refractivity contribution in [3.05, 3.63) is 0 Å². The fourth-order valence-corrected chi connectivity index (χ4v) is 2.32. The van der Waals surface area contributed by atoms with Crippen LogP contribution in [0, 0.1) is 5.41 Å². The van der Waals surface area contributed by atoms with Crippen LogP contribution in [0.3, 0.4) is 0 Å². The smallest absolute Gasteiger partial charge is 0.239 e. The van der Waals surface area contributed by atoms with Gasteiger partial charge in [-0.25, -0.2) is 0 Å². The van der Waals surface area contributed by atoms with Gasteiger partial charge < -0.3 is 16.4 Å². The first-order valence-corrected chi connectivity index (χ1v) is 6.35. The fourth-order valence-electron chi connectivity index (χ4n) is 2.32. The number of nitrogens with two attached hydrogens (primary N) is 1. The molecule has 6 heteroatoms. The van der Waals surface area contributed by atoms with Crippen LogP contribution < -0.4 is 16.4 Å². The Labute approximate surface area is 115 Å². The van der Waals surface area contributed by atoms with Gasteiger partial charge in [-0.3, -0.25) is 9.59 Å². The molecule has 0 saturated heterocycles. The molecule has 0 spiro atoms. The van der Waals surface area contributed by atoms with Gasteiger partial charge in [0.2, 0.25) is 11.8 Å². The SMILES string of the molecule is CCCC1(CNC(=O)CNC(=O)CN)CCC1.Cl. The van der Waals surface area contributed by atoms with Gasteiger partial charge in [-0.1, -0.05) is 19.8 Å². The van der Waals surface area contributed by atoms with E-state index in [0.717, 1.165) is 13.0 Å². The number of carbonyl (C=O) groups excluding carboxylic acids is 2. The van der Waals surface area contributed by atoms with Crippen LogP contribution in [0.2, 0.25) is 0 Å². The zero-order chi connectivity index (χ0) is 12.7. The average Bonchev–Trinajstić information content (AvgIpc) is 2.29. The lowest BCUT2D eigenvalue weighted by atomic mass is 9.66. The van der Waals surface area contributed by atoms with E-state index in [9.17, 15) is 9.59 Å². The summed E-state index contributed by atoms with van der Waals surface area (Å²) in [6.07, 6.45) is 5.99. The van der Waals surface area contributed by atoms with E-state index in [-0.39, 0.29) is 37.3 Å². The normalized spacial score (nSPS) is 16.1. The van der Waals surface area contributed by atoms with Crippen molar-refractivity contribution < 1.29 is 9.59 Å². The van der Waals surface area contributed by atoms with Crippen molar-refractivity contribution >= 4 is 24.2 Å². The number of rotatable bonds is 7. The lowest BCUT2D eigenvalue weighted by molar-refractivity contribution is -0.125. The first-order valence-electron chi connectivity index (χ1n) is 6.35. The molecule has 0 unspecified atom stereocenters. The van der Waals surface area contributed by atoms with Crippen molar-refractivity contribution in [2.24, 2.45) is 11.1 Å². The molecule has 0 bridgehead atoms. The van der Waals surface area contributed by atoms with Gasteiger partial charge >= 0.3 is 0 Å². The summed E-state index contributed by atoms with van der Waals surface area (Å²) in [5, 5.41) is 5.36. The van der Waals surface area contributed by atoms with Gasteiger partial charge in [-0.15, -0.1) is 12.4 Å². The number of carbonyl (C=O) groups is 2. The molecule has 1 aliphatic rings. The standard InChI is InChI=1S/C12H23N3O2.ClH/c1-2-4-12(5-3-6-12)9-15-11(17)8-14-10(16)7-13;/h2-9,13H2,1H3,(H,14,16)(H,15,17);1H. The largest absolute Gasteiger partial charge is 0.354 e. The summed E-state index contributed by atoms with van der Waals surface area (Å²) in [7, 11) is 0. The number of hydrogen-bond donors (Lipinski definition) is 3. The van der Waals surface area contributed by atoms with E-state index in [1.54, 1.807) is 0 Å². The molecule has 1 saturated carbocycles. The minimum absolute atomic E-state index is 0. The van der Waals surface area contributed by atoms with E-state index < -0.39 is 0 Å². The Morgan fingerprint density at radius 1 is 1.22 bits per heavy atom. The Kier molecular flexibility index (Phi) is 7.95. The molecule has 4 N–H and O–H groups in total. The van der Waals surface area contributed by atoms with E-state index in [1.807, 2.05) is 0 Å². The predicted molar refractivity (Wildman–Crippen MR) is 73.5 cm³/mol. The maximum atomic E-state index is 11.5. The molecule has 1 rings (SSSR count). The molecule has 18 heavy (non-hydrogen) atoms. The molecule has 0 heterocycles. The van der Waals surface area contributed by atoms with Crippen molar-refractivity contribution in [3.63, 3.8) is 0 Å². The van der Waals surface area contributed by atoms with Gasteiger partial charge in [0.05, 0.1) is 13.1 Å². The van der Waals surface area contributed by atoms with Gasteiger partial charge in [0.1, 0.15) is 0 Å². The number of halogens is 1. The number of nitrogens with one attached hydrogen (secondary N) is 2. The summed E-state index contributed by atoms with van der Waals surface area (Å²) < 4.78 is 0. The van der Waals surface area contributed by atoms with Crippen molar-refractivity contribution in [1.82, 2.24) is 10.6 Å². The molecule has 5 nitrogen and oxygen atoms in total. The second-order valence-electron chi connectivity index (χ2n) is 4.86. The molecule has 0 aromatic heterocycles.